The number of Topliss-reactive ketones (excluding diaryl/α,β-unsaturated/α-hetero) is 1. The summed E-state index contributed by atoms with van der Waals surface area (Å²) < 4.78 is 19.8. The van der Waals surface area contributed by atoms with Gasteiger partial charge in [-0.3, -0.25) is 4.79 Å². The van der Waals surface area contributed by atoms with Crippen LogP contribution in [0.25, 0.3) is 0 Å². The zero-order valence-electron chi connectivity index (χ0n) is 16.0. The maximum Gasteiger partial charge on any atom is 0.233 e. The van der Waals surface area contributed by atoms with E-state index in [1.807, 2.05) is 12.3 Å². The lowest BCUT2D eigenvalue weighted by Crippen LogP contribution is -2.28. The fourth-order valence-corrected chi connectivity index (χ4v) is 3.62. The van der Waals surface area contributed by atoms with Crippen LogP contribution in [0.3, 0.4) is 0 Å². The van der Waals surface area contributed by atoms with Gasteiger partial charge in [0.25, 0.3) is 0 Å². The lowest BCUT2D eigenvalue weighted by Gasteiger charge is -2.30. The number of halogens is 1. The van der Waals surface area contributed by atoms with E-state index < -0.39 is 11.4 Å². The average Bonchev–Trinajstić information content (AvgIpc) is 2.71. The molecule has 6 nitrogen and oxygen atoms in total. The normalized spacial score (nSPS) is 18.4. The van der Waals surface area contributed by atoms with Crippen molar-refractivity contribution >= 4 is 22.7 Å². The Kier molecular flexibility index (Phi) is 5.99. The first kappa shape index (κ1) is 20.6. The third-order valence-electron chi connectivity index (χ3n) is 4.60. The number of carbonyl (C=O) groups is 1. The van der Waals surface area contributed by atoms with E-state index in [0.717, 1.165) is 5.57 Å². The van der Waals surface area contributed by atoms with Gasteiger partial charge >= 0.3 is 0 Å². The number of benzene rings is 1. The first-order chi connectivity index (χ1) is 13.8. The zero-order valence-corrected chi connectivity index (χ0v) is 16.8. The first-order valence-corrected chi connectivity index (χ1v) is 9.61. The highest BCUT2D eigenvalue weighted by Crippen LogP contribution is 2.39. The number of nitrogens with two attached hydrogens (primary N) is 1. The molecule has 1 aromatic carbocycles. The molecule has 0 amide bonds. The van der Waals surface area contributed by atoms with Gasteiger partial charge in [0.1, 0.15) is 17.1 Å². The summed E-state index contributed by atoms with van der Waals surface area (Å²) in [5, 5.41) is 2.22. The summed E-state index contributed by atoms with van der Waals surface area (Å²) in [5.41, 5.74) is 6.99. The predicted octanol–water partition coefficient (Wildman–Crippen LogP) is 3.23. The summed E-state index contributed by atoms with van der Waals surface area (Å²) in [4.78, 5) is 25.1. The Labute approximate surface area is 172 Å². The van der Waals surface area contributed by atoms with Crippen LogP contribution in [0.4, 0.5) is 4.39 Å². The molecule has 8 heteroatoms. The van der Waals surface area contributed by atoms with Crippen molar-refractivity contribution in [3.8, 4) is 18.2 Å². The predicted molar refractivity (Wildman–Crippen MR) is 111 cm³/mol. The first-order valence-electron chi connectivity index (χ1n) is 8.73. The molecule has 1 aliphatic heterocycles. The van der Waals surface area contributed by atoms with Crippen LogP contribution in [0.15, 0.2) is 46.6 Å². The van der Waals surface area contributed by atoms with Gasteiger partial charge in [-0.25, -0.2) is 19.4 Å². The zero-order chi connectivity index (χ0) is 21.0. The van der Waals surface area contributed by atoms with Crippen molar-refractivity contribution in [1.82, 2.24) is 9.97 Å². The molecule has 1 aliphatic rings. The SMILES string of the molecule is C#CCOc1cnc(C(=O)Cc2ccc(F)c([C@@]3(C)N=C(N)SC=C3C)c2)cn1. The minimum absolute atomic E-state index is 0.0410. The highest BCUT2D eigenvalue weighted by Gasteiger charge is 2.34. The summed E-state index contributed by atoms with van der Waals surface area (Å²) in [5.74, 6) is 1.90. The summed E-state index contributed by atoms with van der Waals surface area (Å²) in [6.45, 7) is 3.74. The van der Waals surface area contributed by atoms with Gasteiger partial charge in [-0.1, -0.05) is 23.7 Å². The molecule has 2 heterocycles. The van der Waals surface area contributed by atoms with Crippen molar-refractivity contribution < 1.29 is 13.9 Å². The molecule has 148 valence electrons. The molecule has 1 atom stereocenters. The summed E-state index contributed by atoms with van der Waals surface area (Å²) >= 11 is 1.30. The molecular weight excluding hydrogens is 391 g/mol. The van der Waals surface area contributed by atoms with Crippen molar-refractivity contribution in [1.29, 1.82) is 0 Å². The Morgan fingerprint density at radius 2 is 2.17 bits per heavy atom. The highest BCUT2D eigenvalue weighted by atomic mass is 32.2. The van der Waals surface area contributed by atoms with E-state index in [1.165, 1.54) is 30.2 Å². The molecular formula is C21H19FN4O2S. The maximum absolute atomic E-state index is 14.6. The molecule has 0 saturated heterocycles. The van der Waals surface area contributed by atoms with Gasteiger partial charge in [0.15, 0.2) is 17.6 Å². The van der Waals surface area contributed by atoms with Gasteiger partial charge in [-0.15, -0.1) is 6.42 Å². The van der Waals surface area contributed by atoms with Crippen LogP contribution in [0.2, 0.25) is 0 Å². The van der Waals surface area contributed by atoms with Gasteiger partial charge in [-0.2, -0.15) is 0 Å². The second kappa shape index (κ2) is 8.45. The minimum Gasteiger partial charge on any atom is -0.463 e. The van der Waals surface area contributed by atoms with Gasteiger partial charge in [0.05, 0.1) is 12.4 Å². The van der Waals surface area contributed by atoms with E-state index in [-0.39, 0.29) is 30.4 Å². The van der Waals surface area contributed by atoms with Gasteiger partial charge in [-0.05, 0) is 42.5 Å². The molecule has 1 aromatic heterocycles. The Morgan fingerprint density at radius 1 is 1.38 bits per heavy atom. The van der Waals surface area contributed by atoms with Crippen LogP contribution >= 0.6 is 11.8 Å². The lowest BCUT2D eigenvalue weighted by molar-refractivity contribution is 0.0987. The quantitative estimate of drug-likeness (QED) is 0.581. The summed E-state index contributed by atoms with van der Waals surface area (Å²) in [7, 11) is 0. The Balaban J connectivity index is 1.83. The Bertz CT molecular complexity index is 1040. The van der Waals surface area contributed by atoms with Crippen molar-refractivity contribution in [3.05, 3.63) is 64.2 Å². The number of rotatable bonds is 6. The standard InChI is InChI=1S/C21H19FN4O2S/c1-4-7-28-19-11-24-17(10-25-19)18(27)9-14-5-6-16(22)15(8-14)21(3)13(2)12-29-20(23)26-21/h1,5-6,8,10-12H,7,9H2,2-3H3,(H2,23,26)/t21-/m0/s1. The third-order valence-corrected chi connectivity index (χ3v) is 5.40. The number of aromatic nitrogens is 2. The molecule has 0 saturated carbocycles. The number of thioether (sulfide) groups is 1. The lowest BCUT2D eigenvalue weighted by atomic mass is 9.84. The topological polar surface area (TPSA) is 90.5 Å². The maximum atomic E-state index is 14.6. The van der Waals surface area contributed by atoms with Crippen molar-refractivity contribution in [2.24, 2.45) is 10.7 Å². The van der Waals surface area contributed by atoms with Crippen molar-refractivity contribution in [3.63, 3.8) is 0 Å². The van der Waals surface area contributed by atoms with E-state index in [1.54, 1.807) is 19.1 Å². The van der Waals surface area contributed by atoms with Crippen molar-refractivity contribution in [2.45, 2.75) is 25.8 Å². The summed E-state index contributed by atoms with van der Waals surface area (Å²) in [6, 6.07) is 4.56. The minimum atomic E-state index is -0.922. The van der Waals surface area contributed by atoms with E-state index in [2.05, 4.69) is 20.9 Å². The van der Waals surface area contributed by atoms with Gasteiger partial charge in [0.2, 0.25) is 5.88 Å². The van der Waals surface area contributed by atoms with Gasteiger partial charge < -0.3 is 10.5 Å². The Hall–Kier alpha value is -3.18. The number of hydrogen-bond donors (Lipinski definition) is 1. The highest BCUT2D eigenvalue weighted by molar-refractivity contribution is 8.16. The molecule has 0 fully saturated rings. The molecule has 2 N–H and O–H groups in total. The number of ketones is 1. The number of hydrogen-bond acceptors (Lipinski definition) is 7. The number of nitrogens with zero attached hydrogens (tertiary/aromatic N) is 3. The molecule has 0 aliphatic carbocycles. The molecule has 0 radical (unpaired) electrons. The number of aliphatic imine (C=N–C) groups is 1. The van der Waals surface area contributed by atoms with E-state index in [9.17, 15) is 9.18 Å². The van der Waals surface area contributed by atoms with Crippen molar-refractivity contribution in [2.75, 3.05) is 6.61 Å². The van der Waals surface area contributed by atoms with E-state index in [0.29, 0.717) is 16.3 Å². The fourth-order valence-electron chi connectivity index (χ4n) is 2.85. The number of terminal acetylenes is 1. The third kappa shape index (κ3) is 4.46. The van der Waals surface area contributed by atoms with E-state index in [4.69, 9.17) is 16.9 Å². The fraction of sp³-hybridized carbons (Fsp3) is 0.238. The van der Waals surface area contributed by atoms with Crippen LogP contribution in [0, 0.1) is 18.2 Å². The van der Waals surface area contributed by atoms with Gasteiger partial charge in [0, 0.05) is 12.0 Å². The van der Waals surface area contributed by atoms with Crippen LogP contribution in [0.5, 0.6) is 5.88 Å². The summed E-state index contributed by atoms with van der Waals surface area (Å²) in [6.07, 6.45) is 7.83. The second-order valence-corrected chi connectivity index (χ2v) is 7.48. The van der Waals surface area contributed by atoms with Crippen LogP contribution < -0.4 is 10.5 Å². The monoisotopic (exact) mass is 410 g/mol. The van der Waals surface area contributed by atoms with E-state index >= 15 is 0 Å². The number of amidine groups is 1. The molecule has 29 heavy (non-hydrogen) atoms. The number of carbonyl (C=O) groups excluding carboxylic acids is 1. The molecule has 0 bridgehead atoms. The Morgan fingerprint density at radius 3 is 2.86 bits per heavy atom. The molecule has 2 aromatic rings. The molecule has 0 unspecified atom stereocenters. The van der Waals surface area contributed by atoms with Crippen LogP contribution in [-0.2, 0) is 12.0 Å². The second-order valence-electron chi connectivity index (χ2n) is 6.59. The number of ether oxygens (including phenoxy) is 1. The molecule has 3 rings (SSSR count). The average molecular weight is 410 g/mol. The van der Waals surface area contributed by atoms with Crippen LogP contribution in [-0.4, -0.2) is 27.5 Å². The smallest absolute Gasteiger partial charge is 0.233 e. The van der Waals surface area contributed by atoms with Crippen LogP contribution in [0.1, 0.15) is 35.5 Å². The molecule has 0 spiro atoms. The largest absolute Gasteiger partial charge is 0.463 e.